The Bertz CT molecular complexity index is 1110. The number of halogens is 1. The van der Waals surface area contributed by atoms with Gasteiger partial charge in [0.05, 0.1) is 22.6 Å². The smallest absolute Gasteiger partial charge is 0.266 e. The van der Waals surface area contributed by atoms with Gasteiger partial charge in [0, 0.05) is 13.0 Å². The van der Waals surface area contributed by atoms with Crippen LogP contribution < -0.4 is 5.56 Å². The van der Waals surface area contributed by atoms with E-state index in [9.17, 15) is 14.0 Å². The molecule has 1 amide bonds. The molecule has 0 aliphatic carbocycles. The Morgan fingerprint density at radius 1 is 1.10 bits per heavy atom. The van der Waals surface area contributed by atoms with Gasteiger partial charge in [-0.05, 0) is 55.7 Å². The van der Waals surface area contributed by atoms with Crippen molar-refractivity contribution < 1.29 is 9.18 Å². The van der Waals surface area contributed by atoms with Crippen LogP contribution in [0.15, 0.2) is 53.3 Å². The average Bonchev–Trinajstić information content (AvgIpc) is 2.74. The van der Waals surface area contributed by atoms with E-state index in [-0.39, 0.29) is 23.2 Å². The molecule has 0 spiro atoms. The van der Waals surface area contributed by atoms with E-state index in [1.165, 1.54) is 16.7 Å². The Morgan fingerprint density at radius 3 is 2.42 bits per heavy atom. The highest BCUT2D eigenvalue weighted by molar-refractivity contribution is 5.79. The van der Waals surface area contributed by atoms with Gasteiger partial charge in [0.15, 0.2) is 0 Å². The van der Waals surface area contributed by atoms with Crippen molar-refractivity contribution in [2.24, 2.45) is 5.92 Å². The zero-order chi connectivity index (χ0) is 22.5. The van der Waals surface area contributed by atoms with Crippen molar-refractivity contribution in [3.8, 4) is 5.69 Å². The van der Waals surface area contributed by atoms with Crippen molar-refractivity contribution in [1.29, 1.82) is 0 Å². The van der Waals surface area contributed by atoms with E-state index >= 15 is 0 Å². The molecule has 1 aromatic heterocycles. The Hall–Kier alpha value is -3.02. The molecular weight excluding hydrogens is 393 g/mol. The van der Waals surface area contributed by atoms with E-state index in [0.29, 0.717) is 35.4 Å². The summed E-state index contributed by atoms with van der Waals surface area (Å²) in [5, 5.41) is 0.483. The van der Waals surface area contributed by atoms with E-state index in [0.717, 1.165) is 12.8 Å². The van der Waals surface area contributed by atoms with E-state index in [1.807, 2.05) is 31.7 Å². The van der Waals surface area contributed by atoms with E-state index in [1.54, 1.807) is 30.3 Å². The molecule has 164 valence electrons. The number of carbonyl (C=O) groups excluding carboxylic acids is 1. The van der Waals surface area contributed by atoms with Gasteiger partial charge in [0.2, 0.25) is 5.91 Å². The average molecular weight is 424 g/mol. The number of rotatable bonds is 8. The first-order valence-corrected chi connectivity index (χ1v) is 10.9. The van der Waals surface area contributed by atoms with Crippen LogP contribution in [0.5, 0.6) is 0 Å². The molecule has 1 atom stereocenters. The molecule has 6 heteroatoms. The van der Waals surface area contributed by atoms with Crippen molar-refractivity contribution in [2.75, 3.05) is 6.54 Å². The molecule has 1 heterocycles. The minimum atomic E-state index is -0.417. The highest BCUT2D eigenvalue weighted by atomic mass is 19.1. The molecule has 0 saturated carbocycles. The summed E-state index contributed by atoms with van der Waals surface area (Å²) in [4.78, 5) is 33.1. The van der Waals surface area contributed by atoms with Gasteiger partial charge in [0.25, 0.3) is 5.56 Å². The lowest BCUT2D eigenvalue weighted by Crippen LogP contribution is -2.38. The van der Waals surface area contributed by atoms with Gasteiger partial charge in [0.1, 0.15) is 11.6 Å². The summed E-state index contributed by atoms with van der Waals surface area (Å²) in [6.07, 6.45) is 2.25. The van der Waals surface area contributed by atoms with Crippen molar-refractivity contribution in [2.45, 2.75) is 53.0 Å². The van der Waals surface area contributed by atoms with Crippen LogP contribution in [0.3, 0.4) is 0 Å². The lowest BCUT2D eigenvalue weighted by atomic mass is 10.1. The van der Waals surface area contributed by atoms with Crippen LogP contribution in [0.2, 0.25) is 0 Å². The third-order valence-corrected chi connectivity index (χ3v) is 5.38. The number of aromatic nitrogens is 2. The topological polar surface area (TPSA) is 55.2 Å². The molecule has 0 N–H and O–H groups in total. The number of hydrogen-bond acceptors (Lipinski definition) is 3. The Balaban J connectivity index is 2.20. The Morgan fingerprint density at radius 2 is 1.77 bits per heavy atom. The van der Waals surface area contributed by atoms with Crippen LogP contribution in [0, 0.1) is 11.7 Å². The number of carbonyl (C=O) groups is 1. The lowest BCUT2D eigenvalue weighted by Gasteiger charge is -2.31. The fourth-order valence-electron chi connectivity index (χ4n) is 3.74. The summed E-state index contributed by atoms with van der Waals surface area (Å²) in [5.74, 6) is 0.372. The third kappa shape index (κ3) is 5.01. The first-order valence-electron chi connectivity index (χ1n) is 10.9. The van der Waals surface area contributed by atoms with Crippen LogP contribution in [0.4, 0.5) is 4.39 Å². The largest absolute Gasteiger partial charge is 0.333 e. The van der Waals surface area contributed by atoms with Gasteiger partial charge in [-0.1, -0.05) is 39.3 Å². The summed E-state index contributed by atoms with van der Waals surface area (Å²) in [6, 6.07) is 12.5. The predicted molar refractivity (Wildman–Crippen MR) is 122 cm³/mol. The monoisotopic (exact) mass is 423 g/mol. The van der Waals surface area contributed by atoms with E-state index in [2.05, 4.69) is 6.92 Å². The predicted octanol–water partition coefficient (Wildman–Crippen LogP) is 5.26. The molecule has 0 aliphatic rings. The van der Waals surface area contributed by atoms with Crippen LogP contribution in [-0.2, 0) is 4.79 Å². The summed E-state index contributed by atoms with van der Waals surface area (Å²) in [5.41, 5.74) is 0.878. The normalized spacial score (nSPS) is 12.3. The van der Waals surface area contributed by atoms with Crippen LogP contribution in [0.25, 0.3) is 16.6 Å². The van der Waals surface area contributed by atoms with Gasteiger partial charge in [-0.15, -0.1) is 0 Å². The van der Waals surface area contributed by atoms with Crippen molar-refractivity contribution >= 4 is 16.8 Å². The number of para-hydroxylation sites is 1. The van der Waals surface area contributed by atoms with Gasteiger partial charge in [-0.25, -0.2) is 9.37 Å². The molecule has 0 aliphatic heterocycles. The minimum Gasteiger partial charge on any atom is -0.333 e. The third-order valence-electron chi connectivity index (χ3n) is 5.38. The Kier molecular flexibility index (Phi) is 7.21. The molecule has 0 saturated heterocycles. The second kappa shape index (κ2) is 9.86. The van der Waals surface area contributed by atoms with Crippen molar-refractivity contribution in [3.63, 3.8) is 0 Å². The minimum absolute atomic E-state index is 0.0454. The highest BCUT2D eigenvalue weighted by Gasteiger charge is 2.26. The summed E-state index contributed by atoms with van der Waals surface area (Å²) < 4.78 is 15.1. The molecule has 2 aromatic carbocycles. The van der Waals surface area contributed by atoms with Gasteiger partial charge < -0.3 is 4.90 Å². The fraction of sp³-hybridized carbons (Fsp3) is 0.400. The van der Waals surface area contributed by atoms with Crippen LogP contribution in [0.1, 0.15) is 58.8 Å². The summed E-state index contributed by atoms with van der Waals surface area (Å²) >= 11 is 0. The molecule has 0 bridgehead atoms. The maximum atomic E-state index is 13.6. The second-order valence-electron chi connectivity index (χ2n) is 8.32. The molecule has 3 aromatic rings. The Labute approximate surface area is 182 Å². The molecule has 0 radical (unpaired) electrons. The van der Waals surface area contributed by atoms with E-state index in [4.69, 9.17) is 4.98 Å². The molecule has 1 unspecified atom stereocenters. The number of fused-ring (bicyclic) bond motifs is 1. The first-order chi connectivity index (χ1) is 14.8. The number of nitrogens with zero attached hydrogens (tertiary/aromatic N) is 3. The number of amides is 1. The second-order valence-corrected chi connectivity index (χ2v) is 8.32. The number of benzene rings is 2. The van der Waals surface area contributed by atoms with Crippen molar-refractivity contribution in [3.05, 3.63) is 70.5 Å². The maximum absolute atomic E-state index is 13.6. The van der Waals surface area contributed by atoms with Gasteiger partial charge >= 0.3 is 0 Å². The zero-order valence-corrected chi connectivity index (χ0v) is 18.6. The summed E-state index contributed by atoms with van der Waals surface area (Å²) in [7, 11) is 0. The quantitative estimate of drug-likeness (QED) is 0.497. The van der Waals surface area contributed by atoms with E-state index < -0.39 is 6.04 Å². The highest BCUT2D eigenvalue weighted by Crippen LogP contribution is 2.25. The van der Waals surface area contributed by atoms with Gasteiger partial charge in [-0.2, -0.15) is 0 Å². The molecule has 0 fully saturated rings. The first kappa shape index (κ1) is 22.7. The molecule has 31 heavy (non-hydrogen) atoms. The van der Waals surface area contributed by atoms with Gasteiger partial charge in [-0.3, -0.25) is 14.2 Å². The molecule has 5 nitrogen and oxygen atoms in total. The number of hydrogen-bond donors (Lipinski definition) is 0. The molecular formula is C25H30FN3O2. The fourth-order valence-corrected chi connectivity index (χ4v) is 3.74. The standard InChI is InChI=1S/C25H30FN3O2/c1-5-6-15-28(23(30)16-17(2)3)18(4)24-27-22-10-8-7-9-21(22)25(31)29(24)20-13-11-19(26)12-14-20/h7-14,17-18H,5-6,15-16H2,1-4H3. The number of unbranched alkanes of at least 4 members (excludes halogenated alkanes) is 1. The summed E-state index contributed by atoms with van der Waals surface area (Å²) in [6.45, 7) is 8.62. The zero-order valence-electron chi connectivity index (χ0n) is 18.6. The molecule has 3 rings (SSSR count). The maximum Gasteiger partial charge on any atom is 0.266 e. The van der Waals surface area contributed by atoms with Crippen LogP contribution in [-0.4, -0.2) is 26.9 Å². The van der Waals surface area contributed by atoms with Crippen LogP contribution >= 0.6 is 0 Å². The lowest BCUT2D eigenvalue weighted by molar-refractivity contribution is -0.134. The SMILES string of the molecule is CCCCN(C(=O)CC(C)C)C(C)c1nc2ccccc2c(=O)n1-c1ccc(F)cc1. The van der Waals surface area contributed by atoms with Crippen molar-refractivity contribution in [1.82, 2.24) is 14.5 Å².